The fourth-order valence-corrected chi connectivity index (χ4v) is 1.49. The van der Waals surface area contributed by atoms with Gasteiger partial charge in [0.1, 0.15) is 0 Å². The Morgan fingerprint density at radius 3 is 2.56 bits per heavy atom. The van der Waals surface area contributed by atoms with Gasteiger partial charge in [-0.05, 0) is 37.1 Å². The van der Waals surface area contributed by atoms with Crippen LogP contribution in [-0.4, -0.2) is 18.5 Å². The second-order valence-electron chi connectivity index (χ2n) is 4.49. The Labute approximate surface area is 105 Å². The Balaban J connectivity index is 2.57. The van der Waals surface area contributed by atoms with E-state index in [0.717, 1.165) is 12.1 Å². The first-order chi connectivity index (χ1) is 8.43. The molecule has 0 bridgehead atoms. The van der Waals surface area contributed by atoms with Gasteiger partial charge >= 0.3 is 0 Å². The smallest absolute Gasteiger partial charge is 0.224 e. The van der Waals surface area contributed by atoms with Crippen LogP contribution in [-0.2, 0) is 11.2 Å². The minimum Gasteiger partial charge on any atom is -0.353 e. The third kappa shape index (κ3) is 4.07. The molecule has 0 radical (unpaired) electrons. The molecular weight excluding hydrogens is 238 g/mol. The molecule has 1 aromatic carbocycles. The quantitative estimate of drug-likeness (QED) is 0.841. The van der Waals surface area contributed by atoms with E-state index in [1.807, 2.05) is 13.8 Å². The van der Waals surface area contributed by atoms with E-state index >= 15 is 0 Å². The summed E-state index contributed by atoms with van der Waals surface area (Å²) in [6, 6.07) is 3.40. The lowest BCUT2D eigenvalue weighted by atomic mass is 10.0. The van der Waals surface area contributed by atoms with E-state index in [0.29, 0.717) is 12.1 Å². The molecule has 1 aromatic rings. The van der Waals surface area contributed by atoms with E-state index < -0.39 is 11.6 Å². The lowest BCUT2D eigenvalue weighted by Gasteiger charge is -2.19. The van der Waals surface area contributed by atoms with Crippen LogP contribution in [0.4, 0.5) is 8.78 Å². The number of carbonyl (C=O) groups is 1. The maximum atomic E-state index is 13.0. The largest absolute Gasteiger partial charge is 0.353 e. The lowest BCUT2D eigenvalue weighted by Crippen LogP contribution is -2.40. The van der Waals surface area contributed by atoms with Gasteiger partial charge in [-0.2, -0.15) is 0 Å². The lowest BCUT2D eigenvalue weighted by molar-refractivity contribution is -0.121. The Kier molecular flexibility index (Phi) is 5.22. The predicted octanol–water partition coefficient (Wildman–Crippen LogP) is 1.61. The second kappa shape index (κ2) is 6.44. The molecule has 0 heterocycles. The minimum atomic E-state index is -0.941. The number of hydrogen-bond donors (Lipinski definition) is 2. The average molecular weight is 256 g/mol. The third-order valence-corrected chi connectivity index (χ3v) is 2.96. The number of nitrogens with one attached hydrogen (secondary N) is 1. The fourth-order valence-electron chi connectivity index (χ4n) is 1.49. The molecule has 100 valence electrons. The monoisotopic (exact) mass is 256 g/mol. The predicted molar refractivity (Wildman–Crippen MR) is 65.9 cm³/mol. The molecule has 1 amide bonds. The SMILES string of the molecule is CC(CN)C(C)NC(=O)Cc1ccc(F)c(F)c1. The van der Waals surface area contributed by atoms with Gasteiger partial charge in [-0.1, -0.05) is 13.0 Å². The van der Waals surface area contributed by atoms with Crippen molar-refractivity contribution in [2.75, 3.05) is 6.54 Å². The van der Waals surface area contributed by atoms with Gasteiger partial charge in [0, 0.05) is 6.04 Å². The molecule has 5 heteroatoms. The summed E-state index contributed by atoms with van der Waals surface area (Å²) in [5, 5.41) is 2.78. The Hall–Kier alpha value is -1.49. The molecule has 1 rings (SSSR count). The van der Waals surface area contributed by atoms with Crippen molar-refractivity contribution in [2.45, 2.75) is 26.3 Å². The standard InChI is InChI=1S/C13H18F2N2O/c1-8(7-16)9(2)17-13(18)6-10-3-4-11(14)12(15)5-10/h3-5,8-9H,6-7,16H2,1-2H3,(H,17,18). The van der Waals surface area contributed by atoms with E-state index in [9.17, 15) is 13.6 Å². The van der Waals surface area contributed by atoms with Gasteiger partial charge in [0.2, 0.25) is 5.91 Å². The highest BCUT2D eigenvalue weighted by Crippen LogP contribution is 2.09. The summed E-state index contributed by atoms with van der Waals surface area (Å²) >= 11 is 0. The van der Waals surface area contributed by atoms with Crippen molar-refractivity contribution < 1.29 is 13.6 Å². The molecule has 0 aliphatic rings. The first-order valence-corrected chi connectivity index (χ1v) is 5.87. The van der Waals surface area contributed by atoms with Crippen molar-refractivity contribution in [2.24, 2.45) is 11.7 Å². The van der Waals surface area contributed by atoms with Crippen LogP contribution in [0.1, 0.15) is 19.4 Å². The highest BCUT2D eigenvalue weighted by atomic mass is 19.2. The van der Waals surface area contributed by atoms with Gasteiger partial charge in [-0.15, -0.1) is 0 Å². The second-order valence-corrected chi connectivity index (χ2v) is 4.49. The first-order valence-electron chi connectivity index (χ1n) is 5.87. The summed E-state index contributed by atoms with van der Waals surface area (Å²) in [4.78, 5) is 11.7. The summed E-state index contributed by atoms with van der Waals surface area (Å²) in [7, 11) is 0. The van der Waals surface area contributed by atoms with Crippen molar-refractivity contribution in [3.05, 3.63) is 35.4 Å². The van der Waals surface area contributed by atoms with E-state index in [1.54, 1.807) is 0 Å². The van der Waals surface area contributed by atoms with Gasteiger partial charge in [0.05, 0.1) is 6.42 Å². The Bertz CT molecular complexity index is 423. The summed E-state index contributed by atoms with van der Waals surface area (Å²) < 4.78 is 25.7. The fraction of sp³-hybridized carbons (Fsp3) is 0.462. The number of amides is 1. The number of halogens is 2. The molecule has 0 fully saturated rings. The zero-order valence-corrected chi connectivity index (χ0v) is 10.5. The van der Waals surface area contributed by atoms with Crippen LogP contribution in [0.2, 0.25) is 0 Å². The van der Waals surface area contributed by atoms with Crippen molar-refractivity contribution >= 4 is 5.91 Å². The van der Waals surface area contributed by atoms with Gasteiger partial charge < -0.3 is 11.1 Å². The van der Waals surface area contributed by atoms with Gasteiger partial charge in [-0.25, -0.2) is 8.78 Å². The van der Waals surface area contributed by atoms with Gasteiger partial charge in [0.25, 0.3) is 0 Å². The number of hydrogen-bond acceptors (Lipinski definition) is 2. The maximum absolute atomic E-state index is 13.0. The molecule has 3 nitrogen and oxygen atoms in total. The summed E-state index contributed by atoms with van der Waals surface area (Å²) in [5.74, 6) is -1.92. The summed E-state index contributed by atoms with van der Waals surface area (Å²) in [5.41, 5.74) is 5.94. The molecule has 3 N–H and O–H groups in total. The highest BCUT2D eigenvalue weighted by Gasteiger charge is 2.14. The molecule has 0 spiro atoms. The summed E-state index contributed by atoms with van der Waals surface area (Å²) in [6.07, 6.45) is 0.0266. The molecule has 18 heavy (non-hydrogen) atoms. The molecule has 0 aliphatic heterocycles. The van der Waals surface area contributed by atoms with E-state index in [2.05, 4.69) is 5.32 Å². The van der Waals surface area contributed by atoms with Crippen molar-refractivity contribution in [3.8, 4) is 0 Å². The highest BCUT2D eigenvalue weighted by molar-refractivity contribution is 5.78. The molecule has 0 saturated heterocycles. The molecule has 0 aliphatic carbocycles. The first kappa shape index (κ1) is 14.6. The maximum Gasteiger partial charge on any atom is 0.224 e. The molecule has 0 saturated carbocycles. The van der Waals surface area contributed by atoms with E-state index in [1.165, 1.54) is 6.07 Å². The Morgan fingerprint density at radius 1 is 1.33 bits per heavy atom. The van der Waals surface area contributed by atoms with E-state index in [4.69, 9.17) is 5.73 Å². The van der Waals surface area contributed by atoms with Crippen LogP contribution in [0.15, 0.2) is 18.2 Å². The van der Waals surface area contributed by atoms with Crippen LogP contribution in [0.25, 0.3) is 0 Å². The van der Waals surface area contributed by atoms with Crippen molar-refractivity contribution in [1.82, 2.24) is 5.32 Å². The van der Waals surface area contributed by atoms with Gasteiger partial charge in [0.15, 0.2) is 11.6 Å². The topological polar surface area (TPSA) is 55.1 Å². The van der Waals surface area contributed by atoms with E-state index in [-0.39, 0.29) is 24.3 Å². The van der Waals surface area contributed by atoms with Crippen LogP contribution in [0.3, 0.4) is 0 Å². The molecule has 2 unspecified atom stereocenters. The number of benzene rings is 1. The zero-order chi connectivity index (χ0) is 13.7. The number of carbonyl (C=O) groups excluding carboxylic acids is 1. The van der Waals surface area contributed by atoms with Crippen molar-refractivity contribution in [1.29, 1.82) is 0 Å². The zero-order valence-electron chi connectivity index (χ0n) is 10.5. The van der Waals surface area contributed by atoms with Gasteiger partial charge in [-0.3, -0.25) is 4.79 Å². The molecule has 2 atom stereocenters. The minimum absolute atomic E-state index is 0.0266. The number of rotatable bonds is 5. The molecule has 0 aromatic heterocycles. The normalized spacial score (nSPS) is 14.1. The average Bonchev–Trinajstić information content (AvgIpc) is 2.32. The third-order valence-electron chi connectivity index (χ3n) is 2.96. The summed E-state index contributed by atoms with van der Waals surface area (Å²) in [6.45, 7) is 4.27. The van der Waals surface area contributed by atoms with Crippen LogP contribution >= 0.6 is 0 Å². The van der Waals surface area contributed by atoms with Crippen molar-refractivity contribution in [3.63, 3.8) is 0 Å². The van der Waals surface area contributed by atoms with Crippen LogP contribution in [0.5, 0.6) is 0 Å². The Morgan fingerprint density at radius 2 is 2.00 bits per heavy atom. The molecular formula is C13H18F2N2O. The van der Waals surface area contributed by atoms with Crippen LogP contribution < -0.4 is 11.1 Å². The number of nitrogens with two attached hydrogens (primary N) is 1. The van der Waals surface area contributed by atoms with Crippen LogP contribution in [0, 0.1) is 17.6 Å².